The van der Waals surface area contributed by atoms with E-state index in [0.29, 0.717) is 30.3 Å². The summed E-state index contributed by atoms with van der Waals surface area (Å²) in [6, 6.07) is 6.24. The normalized spacial score (nSPS) is 23.8. The fourth-order valence-corrected chi connectivity index (χ4v) is 3.99. The highest BCUT2D eigenvalue weighted by Gasteiger charge is 2.41. The number of aryl methyl sites for hydroxylation is 1. The van der Waals surface area contributed by atoms with E-state index in [0.717, 1.165) is 41.7 Å². The van der Waals surface area contributed by atoms with Crippen LogP contribution in [0, 0.1) is 18.3 Å². The molecule has 2 aromatic rings. The molecule has 0 N–H and O–H groups in total. The summed E-state index contributed by atoms with van der Waals surface area (Å²) in [5.41, 5.74) is 2.99. The van der Waals surface area contributed by atoms with Gasteiger partial charge in [-0.2, -0.15) is 5.26 Å². The van der Waals surface area contributed by atoms with Gasteiger partial charge in [-0.3, -0.25) is 4.98 Å². The molecule has 1 aromatic carbocycles. The number of benzene rings is 1. The van der Waals surface area contributed by atoms with Crippen molar-refractivity contribution in [3.8, 4) is 6.07 Å². The number of anilines is 1. The van der Waals surface area contributed by atoms with Gasteiger partial charge in [-0.1, -0.05) is 11.6 Å². The summed E-state index contributed by atoms with van der Waals surface area (Å²) in [5.74, 6) is 0. The fraction of sp³-hybridized carbons (Fsp3) is 0.444. The van der Waals surface area contributed by atoms with Crippen molar-refractivity contribution in [3.63, 3.8) is 0 Å². The Morgan fingerprint density at radius 2 is 2.25 bits per heavy atom. The molecule has 2 saturated heterocycles. The molecule has 0 amide bonds. The van der Waals surface area contributed by atoms with Gasteiger partial charge in [-0.25, -0.2) is 0 Å². The first kappa shape index (κ1) is 15.6. The molecule has 2 fully saturated rings. The number of halogens is 1. The zero-order chi connectivity index (χ0) is 16.7. The van der Waals surface area contributed by atoms with E-state index in [1.165, 1.54) is 0 Å². The van der Waals surface area contributed by atoms with E-state index in [4.69, 9.17) is 21.1 Å². The first-order valence-corrected chi connectivity index (χ1v) is 8.45. The predicted molar refractivity (Wildman–Crippen MR) is 92.5 cm³/mol. The summed E-state index contributed by atoms with van der Waals surface area (Å²) in [7, 11) is 0. The SMILES string of the molecule is Cc1cc(Cl)c2ncc(C#N)c(N3CCOC4(CCOC4)C3)c2c1. The number of hydrogen-bond donors (Lipinski definition) is 0. The number of morpholine rings is 1. The summed E-state index contributed by atoms with van der Waals surface area (Å²) in [6.07, 6.45) is 2.50. The molecule has 0 bridgehead atoms. The summed E-state index contributed by atoms with van der Waals surface area (Å²) < 4.78 is 11.6. The second-order valence-electron chi connectivity index (χ2n) is 6.53. The van der Waals surface area contributed by atoms with Crippen LogP contribution in [0.4, 0.5) is 5.69 Å². The van der Waals surface area contributed by atoms with Crippen molar-refractivity contribution in [1.29, 1.82) is 5.26 Å². The van der Waals surface area contributed by atoms with Gasteiger partial charge < -0.3 is 14.4 Å². The summed E-state index contributed by atoms with van der Waals surface area (Å²) in [5, 5.41) is 11.1. The molecule has 4 rings (SSSR count). The minimum atomic E-state index is -0.270. The van der Waals surface area contributed by atoms with Gasteiger partial charge in [0.25, 0.3) is 0 Å². The molecule has 1 aromatic heterocycles. The maximum absolute atomic E-state index is 9.60. The number of rotatable bonds is 1. The standard InChI is InChI=1S/C18H18ClN3O2/c1-12-6-14-16(15(19)7-12)21-9-13(8-20)17(14)22-3-5-24-18(10-22)2-4-23-11-18/h6-7,9H,2-5,10-11H2,1H3. The Morgan fingerprint density at radius 1 is 1.38 bits per heavy atom. The first-order valence-electron chi connectivity index (χ1n) is 8.07. The molecule has 0 radical (unpaired) electrons. The Labute approximate surface area is 145 Å². The third-order valence-electron chi connectivity index (χ3n) is 4.79. The van der Waals surface area contributed by atoms with Crippen LogP contribution in [0.5, 0.6) is 0 Å². The lowest BCUT2D eigenvalue weighted by Gasteiger charge is -2.41. The van der Waals surface area contributed by atoms with Crippen molar-refractivity contribution in [1.82, 2.24) is 4.98 Å². The average Bonchev–Trinajstić information content (AvgIpc) is 3.01. The highest BCUT2D eigenvalue weighted by Crippen LogP contribution is 2.37. The number of pyridine rings is 1. The number of fused-ring (bicyclic) bond motifs is 1. The van der Waals surface area contributed by atoms with Gasteiger partial charge in [0.2, 0.25) is 0 Å². The van der Waals surface area contributed by atoms with Crippen LogP contribution in [0.15, 0.2) is 18.3 Å². The molecule has 1 spiro atoms. The lowest BCUT2D eigenvalue weighted by atomic mass is 9.98. The van der Waals surface area contributed by atoms with Gasteiger partial charge in [0.1, 0.15) is 11.7 Å². The third-order valence-corrected chi connectivity index (χ3v) is 5.08. The molecule has 5 nitrogen and oxygen atoms in total. The Kier molecular flexibility index (Phi) is 3.84. The van der Waals surface area contributed by atoms with Gasteiger partial charge >= 0.3 is 0 Å². The Hall–Kier alpha value is -1.87. The van der Waals surface area contributed by atoms with Crippen molar-refractivity contribution in [2.24, 2.45) is 0 Å². The zero-order valence-electron chi connectivity index (χ0n) is 13.5. The Morgan fingerprint density at radius 3 is 3.00 bits per heavy atom. The van der Waals surface area contributed by atoms with E-state index in [9.17, 15) is 5.26 Å². The van der Waals surface area contributed by atoms with Crippen molar-refractivity contribution < 1.29 is 9.47 Å². The summed E-state index contributed by atoms with van der Waals surface area (Å²) in [6.45, 7) is 5.40. The smallest absolute Gasteiger partial charge is 0.111 e. The van der Waals surface area contributed by atoms with Crippen LogP contribution in [0.25, 0.3) is 10.9 Å². The maximum atomic E-state index is 9.60. The van der Waals surface area contributed by atoms with Crippen LogP contribution in [0.3, 0.4) is 0 Å². The molecule has 0 saturated carbocycles. The van der Waals surface area contributed by atoms with E-state index < -0.39 is 0 Å². The molecule has 124 valence electrons. The van der Waals surface area contributed by atoms with Gasteiger partial charge in [0.15, 0.2) is 0 Å². The molecule has 2 aliphatic rings. The van der Waals surface area contributed by atoms with E-state index in [1.54, 1.807) is 6.20 Å². The van der Waals surface area contributed by atoms with E-state index >= 15 is 0 Å². The number of hydrogen-bond acceptors (Lipinski definition) is 5. The molecule has 6 heteroatoms. The number of nitrogens with zero attached hydrogens (tertiary/aromatic N) is 3. The molecule has 0 aliphatic carbocycles. The van der Waals surface area contributed by atoms with Crippen LogP contribution in [-0.4, -0.2) is 43.5 Å². The van der Waals surface area contributed by atoms with Crippen LogP contribution in [0.1, 0.15) is 17.5 Å². The fourth-order valence-electron chi connectivity index (χ4n) is 3.67. The highest BCUT2D eigenvalue weighted by atomic mass is 35.5. The van der Waals surface area contributed by atoms with Crippen molar-refractivity contribution in [3.05, 3.63) is 34.5 Å². The van der Waals surface area contributed by atoms with Crippen LogP contribution < -0.4 is 4.90 Å². The van der Waals surface area contributed by atoms with Gasteiger partial charge in [-0.05, 0) is 24.6 Å². The lowest BCUT2D eigenvalue weighted by molar-refractivity contribution is -0.0578. The third kappa shape index (κ3) is 2.51. The van der Waals surface area contributed by atoms with E-state index in [-0.39, 0.29) is 5.60 Å². The highest BCUT2D eigenvalue weighted by molar-refractivity contribution is 6.35. The monoisotopic (exact) mass is 343 g/mol. The summed E-state index contributed by atoms with van der Waals surface area (Å²) in [4.78, 5) is 6.63. The quantitative estimate of drug-likeness (QED) is 0.796. The van der Waals surface area contributed by atoms with Gasteiger partial charge in [-0.15, -0.1) is 0 Å². The number of ether oxygens (including phenoxy) is 2. The summed E-state index contributed by atoms with van der Waals surface area (Å²) >= 11 is 6.38. The van der Waals surface area contributed by atoms with Crippen molar-refractivity contribution in [2.45, 2.75) is 18.9 Å². The topological polar surface area (TPSA) is 58.4 Å². The number of nitriles is 1. The first-order chi connectivity index (χ1) is 11.6. The predicted octanol–water partition coefficient (Wildman–Crippen LogP) is 3.06. The molecule has 2 aliphatic heterocycles. The van der Waals surface area contributed by atoms with E-state index in [2.05, 4.69) is 22.0 Å². The average molecular weight is 344 g/mol. The van der Waals surface area contributed by atoms with Gasteiger partial charge in [0.05, 0.1) is 35.0 Å². The molecular weight excluding hydrogens is 326 g/mol. The minimum Gasteiger partial charge on any atom is -0.378 e. The van der Waals surface area contributed by atoms with Crippen LogP contribution in [0.2, 0.25) is 5.02 Å². The lowest BCUT2D eigenvalue weighted by Crippen LogP contribution is -2.52. The maximum Gasteiger partial charge on any atom is 0.111 e. The van der Waals surface area contributed by atoms with Gasteiger partial charge in [0, 0.05) is 37.7 Å². The van der Waals surface area contributed by atoms with Crippen LogP contribution in [-0.2, 0) is 9.47 Å². The Bertz CT molecular complexity index is 840. The Balaban J connectivity index is 1.87. The molecular formula is C18H18ClN3O2. The van der Waals surface area contributed by atoms with Crippen molar-refractivity contribution in [2.75, 3.05) is 37.8 Å². The minimum absolute atomic E-state index is 0.270. The van der Waals surface area contributed by atoms with Crippen LogP contribution >= 0.6 is 11.6 Å². The molecule has 1 unspecified atom stereocenters. The van der Waals surface area contributed by atoms with E-state index in [1.807, 2.05) is 13.0 Å². The molecule has 24 heavy (non-hydrogen) atoms. The second-order valence-corrected chi connectivity index (χ2v) is 6.94. The second kappa shape index (κ2) is 5.89. The molecule has 3 heterocycles. The van der Waals surface area contributed by atoms with Crippen molar-refractivity contribution >= 4 is 28.2 Å². The zero-order valence-corrected chi connectivity index (χ0v) is 14.3. The molecule has 1 atom stereocenters. The number of aromatic nitrogens is 1. The largest absolute Gasteiger partial charge is 0.378 e.